The fourth-order valence-corrected chi connectivity index (χ4v) is 1.78. The molecule has 0 aliphatic carbocycles. The Morgan fingerprint density at radius 2 is 2.26 bits per heavy atom. The lowest BCUT2D eigenvalue weighted by Gasteiger charge is -2.06. The van der Waals surface area contributed by atoms with Crippen molar-refractivity contribution < 1.29 is 9.18 Å². The molecule has 0 bridgehead atoms. The summed E-state index contributed by atoms with van der Waals surface area (Å²) in [5, 5.41) is 6.66. The number of hydrogen-bond acceptors (Lipinski definition) is 3. The molecule has 0 unspecified atom stereocenters. The number of carbonyl (C=O) groups is 1. The van der Waals surface area contributed by atoms with Gasteiger partial charge >= 0.3 is 0 Å². The van der Waals surface area contributed by atoms with E-state index in [1.165, 1.54) is 12.1 Å². The predicted octanol–water partition coefficient (Wildman–Crippen LogP) is 1.58. The van der Waals surface area contributed by atoms with Crippen LogP contribution in [0, 0.1) is 12.7 Å². The first-order chi connectivity index (χ1) is 9.01. The second-order valence-corrected chi connectivity index (χ2v) is 4.32. The number of amides is 1. The average Bonchev–Trinajstić information content (AvgIpc) is 2.72. The third kappa shape index (κ3) is 2.79. The fraction of sp³-hybridized carbons (Fsp3) is 0.231. The van der Waals surface area contributed by atoms with Crippen molar-refractivity contribution in [3.63, 3.8) is 0 Å². The van der Waals surface area contributed by atoms with Crippen LogP contribution in [0.15, 0.2) is 24.4 Å². The number of nitrogens with one attached hydrogen (secondary N) is 1. The van der Waals surface area contributed by atoms with E-state index in [0.29, 0.717) is 11.4 Å². The Hall–Kier alpha value is -2.21. The molecule has 3 N–H and O–H groups in total. The number of nitrogens with two attached hydrogens (primary N) is 1. The number of benzene rings is 1. The molecule has 0 radical (unpaired) electrons. The summed E-state index contributed by atoms with van der Waals surface area (Å²) in [6.45, 7) is 2.04. The molecule has 1 amide bonds. The standard InChI is InChI=1S/C13H15FN4O/c1-8-3-4-11(14)10(5-8)13(19)16-12-9(6-15)7-18(2)17-12/h3-5,7H,6,15H2,1-2H3,(H,16,17,19). The summed E-state index contributed by atoms with van der Waals surface area (Å²) in [4.78, 5) is 12.0. The molecule has 19 heavy (non-hydrogen) atoms. The van der Waals surface area contributed by atoms with E-state index in [9.17, 15) is 9.18 Å². The van der Waals surface area contributed by atoms with Crippen molar-refractivity contribution in [3.05, 3.63) is 46.9 Å². The van der Waals surface area contributed by atoms with Crippen LogP contribution < -0.4 is 11.1 Å². The van der Waals surface area contributed by atoms with Gasteiger partial charge < -0.3 is 11.1 Å². The average molecular weight is 262 g/mol. The van der Waals surface area contributed by atoms with E-state index in [-0.39, 0.29) is 12.1 Å². The molecule has 1 aromatic carbocycles. The molecule has 1 heterocycles. The van der Waals surface area contributed by atoms with Gasteiger partial charge in [0.1, 0.15) is 5.82 Å². The minimum absolute atomic E-state index is 0.00590. The molecule has 1 aromatic heterocycles. The van der Waals surface area contributed by atoms with Crippen LogP contribution in [-0.4, -0.2) is 15.7 Å². The highest BCUT2D eigenvalue weighted by Gasteiger charge is 2.15. The molecule has 6 heteroatoms. The number of anilines is 1. The zero-order valence-corrected chi connectivity index (χ0v) is 10.8. The van der Waals surface area contributed by atoms with Crippen molar-refractivity contribution in [2.24, 2.45) is 12.8 Å². The first kappa shape index (κ1) is 13.2. The highest BCUT2D eigenvalue weighted by Crippen LogP contribution is 2.15. The first-order valence-electron chi connectivity index (χ1n) is 5.81. The van der Waals surface area contributed by atoms with Gasteiger partial charge in [0.05, 0.1) is 5.56 Å². The lowest BCUT2D eigenvalue weighted by molar-refractivity contribution is 0.102. The maximum absolute atomic E-state index is 13.6. The Balaban J connectivity index is 2.27. The van der Waals surface area contributed by atoms with Crippen LogP contribution in [0.2, 0.25) is 0 Å². The van der Waals surface area contributed by atoms with Crippen molar-refractivity contribution in [2.45, 2.75) is 13.5 Å². The minimum atomic E-state index is -0.562. The minimum Gasteiger partial charge on any atom is -0.326 e. The summed E-state index contributed by atoms with van der Waals surface area (Å²) in [6, 6.07) is 4.38. The lowest BCUT2D eigenvalue weighted by Crippen LogP contribution is -2.16. The Kier molecular flexibility index (Phi) is 3.62. The fourth-order valence-electron chi connectivity index (χ4n) is 1.78. The number of carbonyl (C=O) groups excluding carboxylic acids is 1. The molecule has 2 rings (SSSR count). The zero-order valence-electron chi connectivity index (χ0n) is 10.8. The number of hydrogen-bond donors (Lipinski definition) is 2. The number of nitrogens with zero attached hydrogens (tertiary/aromatic N) is 2. The molecule has 0 fully saturated rings. The number of aryl methyl sites for hydroxylation is 2. The lowest BCUT2D eigenvalue weighted by atomic mass is 10.1. The summed E-state index contributed by atoms with van der Waals surface area (Å²) in [5.74, 6) is -0.737. The maximum atomic E-state index is 13.6. The summed E-state index contributed by atoms with van der Waals surface area (Å²) >= 11 is 0. The SMILES string of the molecule is Cc1ccc(F)c(C(=O)Nc2nn(C)cc2CN)c1. The largest absolute Gasteiger partial charge is 0.326 e. The maximum Gasteiger partial charge on any atom is 0.259 e. The Morgan fingerprint density at radius 1 is 1.53 bits per heavy atom. The topological polar surface area (TPSA) is 72.9 Å². The van der Waals surface area contributed by atoms with Crippen LogP contribution in [0.5, 0.6) is 0 Å². The number of aromatic nitrogens is 2. The Bertz CT molecular complexity index is 621. The molecule has 0 saturated heterocycles. The molecular weight excluding hydrogens is 247 g/mol. The number of rotatable bonds is 3. The molecular formula is C13H15FN4O. The molecule has 100 valence electrons. The van der Waals surface area contributed by atoms with Gasteiger partial charge in [-0.25, -0.2) is 4.39 Å². The van der Waals surface area contributed by atoms with Crippen molar-refractivity contribution in [1.82, 2.24) is 9.78 Å². The second-order valence-electron chi connectivity index (χ2n) is 4.32. The van der Waals surface area contributed by atoms with E-state index in [4.69, 9.17) is 5.73 Å². The van der Waals surface area contributed by atoms with Crippen LogP contribution in [-0.2, 0) is 13.6 Å². The quantitative estimate of drug-likeness (QED) is 0.882. The van der Waals surface area contributed by atoms with Crippen molar-refractivity contribution >= 4 is 11.7 Å². The Morgan fingerprint density at radius 3 is 2.95 bits per heavy atom. The highest BCUT2D eigenvalue weighted by molar-refractivity contribution is 6.04. The van der Waals surface area contributed by atoms with Gasteiger partial charge in [-0.3, -0.25) is 9.48 Å². The van der Waals surface area contributed by atoms with Gasteiger partial charge in [-0.2, -0.15) is 5.10 Å². The van der Waals surface area contributed by atoms with Crippen LogP contribution in [0.1, 0.15) is 21.5 Å². The Labute approximate surface area is 110 Å². The van der Waals surface area contributed by atoms with Gasteiger partial charge in [0.25, 0.3) is 5.91 Å². The van der Waals surface area contributed by atoms with E-state index in [1.807, 2.05) is 0 Å². The summed E-state index contributed by atoms with van der Waals surface area (Å²) in [7, 11) is 1.72. The second kappa shape index (κ2) is 5.19. The van der Waals surface area contributed by atoms with Crippen LogP contribution in [0.4, 0.5) is 10.2 Å². The smallest absolute Gasteiger partial charge is 0.259 e. The summed E-state index contributed by atoms with van der Waals surface area (Å²) in [6.07, 6.45) is 1.71. The van der Waals surface area contributed by atoms with Gasteiger partial charge in [0.15, 0.2) is 5.82 Å². The summed E-state index contributed by atoms with van der Waals surface area (Å²) < 4.78 is 15.1. The predicted molar refractivity (Wildman–Crippen MR) is 70.2 cm³/mol. The normalized spacial score (nSPS) is 10.5. The van der Waals surface area contributed by atoms with E-state index in [1.54, 1.807) is 30.9 Å². The molecule has 0 aliphatic heterocycles. The molecule has 0 spiro atoms. The van der Waals surface area contributed by atoms with Gasteiger partial charge in [-0.15, -0.1) is 0 Å². The van der Waals surface area contributed by atoms with E-state index >= 15 is 0 Å². The van der Waals surface area contributed by atoms with Crippen molar-refractivity contribution in [1.29, 1.82) is 0 Å². The molecule has 2 aromatic rings. The zero-order chi connectivity index (χ0) is 14.0. The molecule has 0 saturated carbocycles. The van der Waals surface area contributed by atoms with E-state index < -0.39 is 11.7 Å². The summed E-state index contributed by atoms with van der Waals surface area (Å²) in [5.41, 5.74) is 7.06. The third-order valence-electron chi connectivity index (χ3n) is 2.72. The number of halogens is 1. The van der Waals surface area contributed by atoms with Crippen LogP contribution in [0.3, 0.4) is 0 Å². The molecule has 0 atom stereocenters. The third-order valence-corrected chi connectivity index (χ3v) is 2.72. The molecule has 0 aliphatic rings. The van der Waals surface area contributed by atoms with Crippen molar-refractivity contribution in [2.75, 3.05) is 5.32 Å². The van der Waals surface area contributed by atoms with E-state index in [0.717, 1.165) is 5.56 Å². The van der Waals surface area contributed by atoms with Crippen LogP contribution >= 0.6 is 0 Å². The van der Waals surface area contributed by atoms with Gasteiger partial charge in [0.2, 0.25) is 0 Å². The monoisotopic (exact) mass is 262 g/mol. The van der Waals surface area contributed by atoms with Crippen LogP contribution in [0.25, 0.3) is 0 Å². The van der Waals surface area contributed by atoms with Gasteiger partial charge in [-0.1, -0.05) is 11.6 Å². The van der Waals surface area contributed by atoms with Gasteiger partial charge in [0, 0.05) is 25.4 Å². The van der Waals surface area contributed by atoms with Gasteiger partial charge in [-0.05, 0) is 19.1 Å². The highest BCUT2D eigenvalue weighted by atomic mass is 19.1. The van der Waals surface area contributed by atoms with Crippen molar-refractivity contribution in [3.8, 4) is 0 Å². The first-order valence-corrected chi connectivity index (χ1v) is 5.81. The molecule has 5 nitrogen and oxygen atoms in total. The van der Waals surface area contributed by atoms with E-state index in [2.05, 4.69) is 10.4 Å².